The zero-order valence-corrected chi connectivity index (χ0v) is 58.5. The van der Waals surface area contributed by atoms with Crippen LogP contribution >= 0.6 is 0 Å². The van der Waals surface area contributed by atoms with Crippen LogP contribution < -0.4 is 0 Å². The van der Waals surface area contributed by atoms with E-state index in [1.54, 1.807) is 0 Å². The second-order valence-corrected chi connectivity index (χ2v) is 24.9. The molecule has 0 aromatic rings. The van der Waals surface area contributed by atoms with E-state index in [1.807, 2.05) is 118 Å². The molecule has 2 unspecified atom stereocenters. The van der Waals surface area contributed by atoms with Crippen LogP contribution in [0.5, 0.6) is 0 Å². The number of aldehydes is 1. The Morgan fingerprint density at radius 1 is 0.310 bits per heavy atom. The van der Waals surface area contributed by atoms with E-state index in [1.165, 1.54) is 7.11 Å². The summed E-state index contributed by atoms with van der Waals surface area (Å²) in [5.41, 5.74) is -2.59. The highest BCUT2D eigenvalue weighted by Gasteiger charge is 2.40. The zero-order chi connectivity index (χ0) is 66.2. The lowest BCUT2D eigenvalue weighted by atomic mass is 9.90. The fraction of sp³-hybridized carbons (Fsp3) is 0.903. The highest BCUT2D eigenvalue weighted by atomic mass is 16.6. The molecule has 0 aliphatic heterocycles. The molecule has 0 aromatic heterocycles. The van der Waals surface area contributed by atoms with Crippen molar-refractivity contribution in [2.24, 2.45) is 10.8 Å². The molecule has 0 N–H and O–H groups in total. The molecule has 25 nitrogen and oxygen atoms in total. The van der Waals surface area contributed by atoms with E-state index in [2.05, 4.69) is 67.7 Å². The van der Waals surface area contributed by atoms with Crippen molar-refractivity contribution in [3.05, 3.63) is 0 Å². The summed E-state index contributed by atoms with van der Waals surface area (Å²) in [6.45, 7) is 20.2. The second-order valence-electron chi connectivity index (χ2n) is 24.9. The summed E-state index contributed by atoms with van der Waals surface area (Å²) in [5.74, 6) is -2.33. The highest BCUT2D eigenvalue weighted by molar-refractivity contribution is 5.71. The van der Waals surface area contributed by atoms with Gasteiger partial charge in [-0.25, -0.2) is 0 Å². The van der Waals surface area contributed by atoms with Gasteiger partial charge in [-0.1, -0.05) is 20.8 Å². The molecular weight excluding hydrogens is 1120 g/mol. The summed E-state index contributed by atoms with van der Waals surface area (Å²) in [6, 6.07) is 0. The maximum Gasteiger partial charge on any atom is 0.307 e. The van der Waals surface area contributed by atoms with Gasteiger partial charge in [0.2, 0.25) is 0 Å². The molecule has 0 radical (unpaired) electrons. The van der Waals surface area contributed by atoms with Gasteiger partial charge in [-0.15, -0.1) is 0 Å². The van der Waals surface area contributed by atoms with Crippen LogP contribution in [0.4, 0.5) is 0 Å². The highest BCUT2D eigenvalue weighted by Crippen LogP contribution is 2.26. The van der Waals surface area contributed by atoms with Gasteiger partial charge in [-0.2, -0.15) is 0 Å². The summed E-state index contributed by atoms with van der Waals surface area (Å²) in [7, 11) is 31.5. The first-order valence-corrected chi connectivity index (χ1v) is 31.5. The van der Waals surface area contributed by atoms with E-state index >= 15 is 0 Å². The van der Waals surface area contributed by atoms with Gasteiger partial charge in [0.15, 0.2) is 0 Å². The lowest BCUT2D eigenvalue weighted by Crippen LogP contribution is -2.47. The maximum absolute atomic E-state index is 13.6. The average molecular weight is 1250 g/mol. The first kappa shape index (κ1) is 85.5. The van der Waals surface area contributed by atoms with E-state index in [0.29, 0.717) is 39.1 Å². The Balaban J connectivity index is 0. The van der Waals surface area contributed by atoms with Gasteiger partial charge in [0.05, 0.1) is 62.8 Å². The molecule has 0 saturated carbocycles. The lowest BCUT2D eigenvalue weighted by molar-refractivity contribution is -0.173. The first-order chi connectivity index (χ1) is 41.1. The number of hydrogen-bond donors (Lipinski definition) is 0. The number of esters is 5. The van der Waals surface area contributed by atoms with Crippen LogP contribution in [0.1, 0.15) is 59.3 Å². The van der Waals surface area contributed by atoms with E-state index in [9.17, 15) is 28.8 Å². The quantitative estimate of drug-likeness (QED) is 0.0473. The molecule has 0 aromatic carbocycles. The van der Waals surface area contributed by atoms with Crippen molar-refractivity contribution in [3.63, 3.8) is 0 Å². The molecule has 25 heteroatoms. The minimum atomic E-state index is -1.39. The average Bonchev–Trinajstić information content (AvgIpc) is 3.69. The second kappa shape index (κ2) is 52.1. The van der Waals surface area contributed by atoms with Gasteiger partial charge in [0, 0.05) is 131 Å². The molecule has 0 heterocycles. The third kappa shape index (κ3) is 49.9. The van der Waals surface area contributed by atoms with Gasteiger partial charge < -0.3 is 96.8 Å². The minimum Gasteiger partial charge on any atom is -0.465 e. The lowest BCUT2D eigenvalue weighted by Gasteiger charge is -2.36. The van der Waals surface area contributed by atoms with E-state index < -0.39 is 40.7 Å². The van der Waals surface area contributed by atoms with Crippen LogP contribution in [0, 0.1) is 10.8 Å². The van der Waals surface area contributed by atoms with Crippen LogP contribution in [0.3, 0.4) is 0 Å². The smallest absolute Gasteiger partial charge is 0.307 e. The Hall–Kier alpha value is -3.54. The fourth-order valence-electron chi connectivity index (χ4n) is 7.91. The molecule has 514 valence electrons. The monoisotopic (exact) mass is 1250 g/mol. The predicted molar refractivity (Wildman–Crippen MR) is 346 cm³/mol. The molecular formula is C62H128N12O13. The van der Waals surface area contributed by atoms with Crippen molar-refractivity contribution >= 4 is 36.1 Å². The predicted octanol–water partition coefficient (Wildman–Crippen LogP) is 0.995. The van der Waals surface area contributed by atoms with Gasteiger partial charge in [-0.05, 0) is 125 Å². The van der Waals surface area contributed by atoms with Crippen molar-refractivity contribution in [2.45, 2.75) is 59.3 Å². The minimum absolute atomic E-state index is 0.0316. The summed E-state index contributed by atoms with van der Waals surface area (Å²) in [5, 5.41) is 0. The van der Waals surface area contributed by atoms with Crippen molar-refractivity contribution < 1.29 is 61.9 Å². The van der Waals surface area contributed by atoms with E-state index in [-0.39, 0.29) is 85.0 Å². The fourth-order valence-corrected chi connectivity index (χ4v) is 7.91. The number of hydrogen-bond acceptors (Lipinski definition) is 25. The molecule has 87 heavy (non-hydrogen) atoms. The number of methoxy groups -OCH3 is 1. The van der Waals surface area contributed by atoms with Crippen molar-refractivity contribution in [2.75, 3.05) is 303 Å². The van der Waals surface area contributed by atoms with Crippen molar-refractivity contribution in [3.8, 4) is 0 Å². The summed E-state index contributed by atoms with van der Waals surface area (Å²) in [6.07, 6.45) is 2.14. The zero-order valence-electron chi connectivity index (χ0n) is 58.5. The van der Waals surface area contributed by atoms with Gasteiger partial charge in [0.25, 0.3) is 0 Å². The molecule has 0 aliphatic carbocycles. The summed E-state index contributed by atoms with van der Waals surface area (Å²) in [4.78, 5) is 103. The molecule has 0 bridgehead atoms. The SMILES string of the molecule is CCN(C)CCN(C)CCC(=O)OCC(COC)(COCC(COC(=O)CCN(C)CCN(C)C)(COC(=O)CCN(C)CCN(C)CC)COC(=O)CCN(CC)CCN(C)C)COC(=O)CCN(C)CCN(C)C.CN(C)CCN(C)CCC=O. The van der Waals surface area contributed by atoms with Crippen LogP contribution in [0.15, 0.2) is 0 Å². The molecule has 0 aliphatic rings. The maximum atomic E-state index is 13.6. The first-order valence-electron chi connectivity index (χ1n) is 31.5. The summed E-state index contributed by atoms with van der Waals surface area (Å²) < 4.78 is 42.2. The number of rotatable bonds is 55. The number of carbonyl (C=O) groups excluding carboxylic acids is 6. The van der Waals surface area contributed by atoms with Gasteiger partial charge in [-0.3, -0.25) is 24.0 Å². The van der Waals surface area contributed by atoms with Crippen LogP contribution in [-0.2, 0) is 61.9 Å². The normalized spacial score (nSPS) is 13.4. The Labute approximate surface area is 528 Å². The van der Waals surface area contributed by atoms with E-state index in [0.717, 1.165) is 111 Å². The third-order valence-electron chi connectivity index (χ3n) is 14.9. The van der Waals surface area contributed by atoms with Crippen LogP contribution in [0.25, 0.3) is 0 Å². The van der Waals surface area contributed by atoms with Crippen molar-refractivity contribution in [1.29, 1.82) is 0 Å². The number of nitrogens with zero attached hydrogens (tertiary/aromatic N) is 12. The van der Waals surface area contributed by atoms with Gasteiger partial charge >= 0.3 is 29.8 Å². The molecule has 0 saturated heterocycles. The third-order valence-corrected chi connectivity index (χ3v) is 14.9. The largest absolute Gasteiger partial charge is 0.465 e. The molecule has 0 fully saturated rings. The molecule has 2 atom stereocenters. The molecule has 0 amide bonds. The van der Waals surface area contributed by atoms with Crippen LogP contribution in [-0.4, -0.2) is 398 Å². The number of carbonyl (C=O) groups is 6. The molecule has 0 rings (SSSR count). The Kier molecular flexibility index (Phi) is 51.2. The number of ether oxygens (including phenoxy) is 7. The number of likely N-dealkylation sites (N-methyl/N-ethyl adjacent to an activating group) is 12. The Morgan fingerprint density at radius 2 is 0.575 bits per heavy atom. The molecule has 0 spiro atoms. The van der Waals surface area contributed by atoms with Gasteiger partial charge in [0.1, 0.15) is 39.3 Å². The van der Waals surface area contributed by atoms with E-state index in [4.69, 9.17) is 33.2 Å². The summed E-state index contributed by atoms with van der Waals surface area (Å²) >= 11 is 0. The van der Waals surface area contributed by atoms with Crippen LogP contribution in [0.2, 0.25) is 0 Å². The van der Waals surface area contributed by atoms with Crippen molar-refractivity contribution in [1.82, 2.24) is 58.8 Å². The topological polar surface area (TPSA) is 206 Å². The Bertz CT molecular complexity index is 1780. The Morgan fingerprint density at radius 3 is 0.851 bits per heavy atom. The standard InChI is InChI=1S/C54H110N10O12.C8H18N2O/c1-17-58(10)35-37-62(14)27-22-49(66)73-44-53(40-70-16,43-72-48(65)20-25-60(12)33-30-55(4)5)41-71-42-54(45-74-50(67)21-26-61(13)34-31-56(6)7,46-75-51(68)23-28-63(15)38-36-59(11)18-2)47-76-52(69)24-29-64(19-3)39-32-57(8)9;1-9(2)6-7-10(3)5-4-8-11/h17-47H2,1-16H3;8H,4-7H2,1-3H3.